The van der Waals surface area contributed by atoms with Crippen molar-refractivity contribution in [1.82, 2.24) is 9.97 Å². The van der Waals surface area contributed by atoms with E-state index in [-0.39, 0.29) is 22.9 Å². The molecule has 2 N–H and O–H groups in total. The molecule has 1 unspecified atom stereocenters. The quantitative estimate of drug-likeness (QED) is 0.243. The van der Waals surface area contributed by atoms with Gasteiger partial charge in [0, 0.05) is 29.2 Å². The SMILES string of the molecule is COc1ccc(-c2cc(C(=O)O)ccn2)cc1C(C(=O)c1ccc(C(F)(F)F)cc1F)c1ccc[nH]1. The van der Waals surface area contributed by atoms with Gasteiger partial charge in [0.25, 0.3) is 0 Å². The fraction of sp³-hybridized carbons (Fsp3) is 0.115. The van der Waals surface area contributed by atoms with E-state index in [2.05, 4.69) is 9.97 Å². The summed E-state index contributed by atoms with van der Waals surface area (Å²) in [7, 11) is 1.37. The molecule has 6 nitrogen and oxygen atoms in total. The van der Waals surface area contributed by atoms with Crippen molar-refractivity contribution in [2.75, 3.05) is 7.11 Å². The lowest BCUT2D eigenvalue weighted by atomic mass is 9.85. The van der Waals surface area contributed by atoms with E-state index < -0.39 is 40.8 Å². The fourth-order valence-corrected chi connectivity index (χ4v) is 3.86. The summed E-state index contributed by atoms with van der Waals surface area (Å²) in [6.07, 6.45) is -1.89. The molecule has 4 rings (SSSR count). The molecule has 184 valence electrons. The smallest absolute Gasteiger partial charge is 0.416 e. The first-order valence-corrected chi connectivity index (χ1v) is 10.5. The summed E-state index contributed by atoms with van der Waals surface area (Å²) in [6.45, 7) is 0. The number of methoxy groups -OCH3 is 1. The van der Waals surface area contributed by atoms with Crippen molar-refractivity contribution in [2.24, 2.45) is 0 Å². The zero-order valence-electron chi connectivity index (χ0n) is 18.6. The number of carboxylic acid groups (broad SMARTS) is 1. The number of alkyl halides is 3. The van der Waals surface area contributed by atoms with Gasteiger partial charge in [0.2, 0.25) is 0 Å². The fourth-order valence-electron chi connectivity index (χ4n) is 3.86. The second-order valence-corrected chi connectivity index (χ2v) is 7.81. The number of ether oxygens (including phenoxy) is 1. The highest BCUT2D eigenvalue weighted by Crippen LogP contribution is 2.38. The highest BCUT2D eigenvalue weighted by atomic mass is 19.4. The van der Waals surface area contributed by atoms with Crippen molar-refractivity contribution in [3.63, 3.8) is 0 Å². The highest BCUT2D eigenvalue weighted by Gasteiger charge is 2.34. The topological polar surface area (TPSA) is 92.3 Å². The largest absolute Gasteiger partial charge is 0.496 e. The second kappa shape index (κ2) is 9.65. The van der Waals surface area contributed by atoms with Crippen molar-refractivity contribution in [3.05, 3.63) is 107 Å². The van der Waals surface area contributed by atoms with Gasteiger partial charge in [-0.3, -0.25) is 9.78 Å². The predicted octanol–water partition coefficient (Wildman–Crippen LogP) is 5.96. The van der Waals surface area contributed by atoms with Crippen LogP contribution in [0.3, 0.4) is 0 Å². The molecular weight excluding hydrogens is 480 g/mol. The van der Waals surface area contributed by atoms with Gasteiger partial charge < -0.3 is 14.8 Å². The molecule has 0 aliphatic carbocycles. The van der Waals surface area contributed by atoms with Gasteiger partial charge in [0.1, 0.15) is 11.6 Å². The predicted molar refractivity (Wildman–Crippen MR) is 122 cm³/mol. The third-order valence-corrected chi connectivity index (χ3v) is 5.60. The maximum Gasteiger partial charge on any atom is 0.416 e. The molecule has 0 spiro atoms. The number of aromatic amines is 1. The number of halogens is 4. The molecule has 2 heterocycles. The van der Waals surface area contributed by atoms with Crippen LogP contribution in [0.4, 0.5) is 17.6 Å². The Kier molecular flexibility index (Phi) is 6.61. The lowest BCUT2D eigenvalue weighted by Gasteiger charge is -2.20. The van der Waals surface area contributed by atoms with E-state index >= 15 is 0 Å². The number of carbonyl (C=O) groups excluding carboxylic acids is 1. The Hall–Kier alpha value is -4.47. The average molecular weight is 498 g/mol. The number of rotatable bonds is 7. The first-order valence-electron chi connectivity index (χ1n) is 10.5. The first-order chi connectivity index (χ1) is 17.1. The Morgan fingerprint density at radius 3 is 2.44 bits per heavy atom. The Balaban J connectivity index is 1.86. The summed E-state index contributed by atoms with van der Waals surface area (Å²) in [6, 6.07) is 12.3. The third-order valence-electron chi connectivity index (χ3n) is 5.60. The van der Waals surface area contributed by atoms with Gasteiger partial charge in [-0.05, 0) is 60.7 Å². The first kappa shape index (κ1) is 24.6. The number of aromatic carboxylic acids is 1. The van der Waals surface area contributed by atoms with Crippen LogP contribution in [0.1, 0.15) is 43.5 Å². The van der Waals surface area contributed by atoms with Crippen LogP contribution in [-0.2, 0) is 6.18 Å². The lowest BCUT2D eigenvalue weighted by Crippen LogP contribution is -2.18. The summed E-state index contributed by atoms with van der Waals surface area (Å²) < 4.78 is 59.2. The molecular formula is C26H18F4N2O4. The molecule has 0 bridgehead atoms. The van der Waals surface area contributed by atoms with E-state index in [0.717, 1.165) is 6.07 Å². The van der Waals surface area contributed by atoms with E-state index in [1.807, 2.05) is 0 Å². The molecule has 0 saturated heterocycles. The van der Waals surface area contributed by atoms with Crippen LogP contribution in [0, 0.1) is 5.82 Å². The molecule has 36 heavy (non-hydrogen) atoms. The summed E-state index contributed by atoms with van der Waals surface area (Å²) in [5, 5.41) is 9.30. The minimum absolute atomic E-state index is 0.00110. The molecule has 0 fully saturated rings. The number of aromatic nitrogens is 2. The Morgan fingerprint density at radius 2 is 1.83 bits per heavy atom. The summed E-state index contributed by atoms with van der Waals surface area (Å²) in [4.78, 5) is 32.1. The maximum atomic E-state index is 14.8. The van der Waals surface area contributed by atoms with Crippen molar-refractivity contribution >= 4 is 11.8 Å². The van der Waals surface area contributed by atoms with E-state index in [0.29, 0.717) is 23.0 Å². The number of carbonyl (C=O) groups is 2. The Morgan fingerprint density at radius 1 is 1.06 bits per heavy atom. The van der Waals surface area contributed by atoms with Crippen molar-refractivity contribution in [3.8, 4) is 17.0 Å². The van der Waals surface area contributed by atoms with Gasteiger partial charge in [-0.1, -0.05) is 0 Å². The van der Waals surface area contributed by atoms with Crippen LogP contribution in [0.5, 0.6) is 5.75 Å². The van der Waals surface area contributed by atoms with E-state index in [1.165, 1.54) is 25.4 Å². The number of pyridine rings is 1. The van der Waals surface area contributed by atoms with Gasteiger partial charge >= 0.3 is 12.1 Å². The molecule has 0 aliphatic heterocycles. The van der Waals surface area contributed by atoms with Crippen LogP contribution in [0.25, 0.3) is 11.3 Å². The molecule has 2 aromatic heterocycles. The van der Waals surface area contributed by atoms with Crippen LogP contribution >= 0.6 is 0 Å². The van der Waals surface area contributed by atoms with Crippen LogP contribution in [0.2, 0.25) is 0 Å². The normalized spacial score (nSPS) is 12.2. The van der Waals surface area contributed by atoms with E-state index in [1.54, 1.807) is 36.5 Å². The highest BCUT2D eigenvalue weighted by molar-refractivity contribution is 6.03. The van der Waals surface area contributed by atoms with Gasteiger partial charge in [-0.25, -0.2) is 9.18 Å². The van der Waals surface area contributed by atoms with Crippen molar-refractivity contribution in [2.45, 2.75) is 12.1 Å². The number of Topliss-reactive ketones (excluding diaryl/α,β-unsaturated/α-hetero) is 1. The molecule has 2 aromatic carbocycles. The Labute approximate surface area is 202 Å². The van der Waals surface area contributed by atoms with E-state index in [9.17, 15) is 32.3 Å². The minimum atomic E-state index is -4.77. The molecule has 0 amide bonds. The number of carboxylic acids is 1. The molecule has 0 saturated carbocycles. The number of H-pyrrole nitrogens is 1. The van der Waals surface area contributed by atoms with Crippen LogP contribution < -0.4 is 4.74 Å². The summed E-state index contributed by atoms with van der Waals surface area (Å²) >= 11 is 0. The van der Waals surface area contributed by atoms with Crippen LogP contribution in [0.15, 0.2) is 73.1 Å². The Bertz CT molecular complexity index is 1430. The number of ketones is 1. The monoisotopic (exact) mass is 498 g/mol. The molecule has 4 aromatic rings. The number of hydrogen-bond acceptors (Lipinski definition) is 4. The van der Waals surface area contributed by atoms with Gasteiger partial charge in [0.05, 0.1) is 35.4 Å². The number of nitrogens with zero attached hydrogens (tertiary/aromatic N) is 1. The zero-order chi connectivity index (χ0) is 26.0. The number of hydrogen-bond donors (Lipinski definition) is 2. The molecule has 0 radical (unpaired) electrons. The third kappa shape index (κ3) is 4.83. The standard InChI is InChI=1S/C26H18F4N2O4/c1-36-22-7-4-14(21-12-15(25(34)35)8-10-32-21)11-18(22)23(20-3-2-9-31-20)24(33)17-6-5-16(13-19(17)27)26(28,29)30/h2-13,23,31H,1H3,(H,34,35). The van der Waals surface area contributed by atoms with E-state index in [4.69, 9.17) is 4.74 Å². The van der Waals surface area contributed by atoms with Crippen molar-refractivity contribution in [1.29, 1.82) is 0 Å². The lowest BCUT2D eigenvalue weighted by molar-refractivity contribution is -0.137. The number of benzene rings is 2. The number of nitrogens with one attached hydrogen (secondary N) is 1. The van der Waals surface area contributed by atoms with Crippen LogP contribution in [-0.4, -0.2) is 33.9 Å². The molecule has 0 aliphatic rings. The molecule has 10 heteroatoms. The second-order valence-electron chi connectivity index (χ2n) is 7.81. The maximum absolute atomic E-state index is 14.8. The summed E-state index contributed by atoms with van der Waals surface area (Å²) in [5.74, 6) is -4.18. The van der Waals surface area contributed by atoms with Gasteiger partial charge in [0.15, 0.2) is 5.78 Å². The minimum Gasteiger partial charge on any atom is -0.496 e. The average Bonchev–Trinajstić information content (AvgIpc) is 3.38. The van der Waals surface area contributed by atoms with Gasteiger partial charge in [-0.2, -0.15) is 13.2 Å². The zero-order valence-corrected chi connectivity index (χ0v) is 18.6. The van der Waals surface area contributed by atoms with Gasteiger partial charge in [-0.15, -0.1) is 0 Å². The molecule has 1 atom stereocenters. The van der Waals surface area contributed by atoms with Crippen molar-refractivity contribution < 1.29 is 37.0 Å². The summed E-state index contributed by atoms with van der Waals surface area (Å²) in [5.41, 5.74) is -0.353.